The molecule has 0 amide bonds. The Hall–Kier alpha value is -2.46. The zero-order valence-electron chi connectivity index (χ0n) is 63.7. The first kappa shape index (κ1) is 95.5. The first-order valence-corrected chi connectivity index (χ1v) is 43.2. The van der Waals surface area contributed by atoms with Gasteiger partial charge >= 0.3 is 39.5 Å². The summed E-state index contributed by atoms with van der Waals surface area (Å²) in [4.78, 5) is 72.9. The average molecular weight is 1430 g/mol. The number of rotatable bonds is 75. The first-order chi connectivity index (χ1) is 47.3. The van der Waals surface area contributed by atoms with Crippen LogP contribution >= 0.6 is 15.6 Å². The van der Waals surface area contributed by atoms with Crippen LogP contribution < -0.4 is 0 Å². The van der Waals surface area contributed by atoms with Crippen LogP contribution in [0.2, 0.25) is 0 Å². The second-order valence-corrected chi connectivity index (χ2v) is 31.9. The number of aliphatic hydroxyl groups excluding tert-OH is 1. The predicted octanol–water partition coefficient (Wildman–Crippen LogP) is 22.9. The normalized spacial score (nSPS) is 14.4. The number of hydrogen-bond acceptors (Lipinski definition) is 15. The van der Waals surface area contributed by atoms with Crippen molar-refractivity contribution in [3.63, 3.8) is 0 Å². The van der Waals surface area contributed by atoms with Crippen molar-refractivity contribution in [1.82, 2.24) is 0 Å². The molecule has 0 aliphatic rings. The third-order valence-electron chi connectivity index (χ3n) is 18.1. The van der Waals surface area contributed by atoms with Gasteiger partial charge in [-0.25, -0.2) is 9.13 Å². The fraction of sp³-hybridized carbons (Fsp3) is 0.899. The molecule has 3 N–H and O–H groups in total. The van der Waals surface area contributed by atoms with Gasteiger partial charge in [-0.1, -0.05) is 330 Å². The molecular formula is C79H150O17P2. The zero-order chi connectivity index (χ0) is 72.3. The van der Waals surface area contributed by atoms with Gasteiger partial charge in [-0.3, -0.25) is 37.3 Å². The maximum absolute atomic E-state index is 13.1. The van der Waals surface area contributed by atoms with Gasteiger partial charge in [-0.15, -0.1) is 0 Å². The third-order valence-corrected chi connectivity index (χ3v) is 20.0. The van der Waals surface area contributed by atoms with Crippen molar-refractivity contribution in [3.8, 4) is 0 Å². The molecule has 0 aliphatic carbocycles. The lowest BCUT2D eigenvalue weighted by molar-refractivity contribution is -0.161. The molecule has 0 saturated carbocycles. The molecule has 0 spiro atoms. The van der Waals surface area contributed by atoms with E-state index in [9.17, 15) is 43.2 Å². The summed E-state index contributed by atoms with van der Waals surface area (Å²) in [5, 5.41) is 10.6. The van der Waals surface area contributed by atoms with Crippen molar-refractivity contribution in [2.24, 2.45) is 17.8 Å². The number of phosphoric ester groups is 2. The minimum atomic E-state index is -4.97. The Bertz CT molecular complexity index is 2000. The van der Waals surface area contributed by atoms with E-state index in [0.717, 1.165) is 127 Å². The number of allylic oxidation sites excluding steroid dienone is 4. The second kappa shape index (κ2) is 68.9. The molecule has 0 fully saturated rings. The Morgan fingerprint density at radius 2 is 0.602 bits per heavy atom. The van der Waals surface area contributed by atoms with Crippen molar-refractivity contribution >= 4 is 39.5 Å². The Morgan fingerprint density at radius 3 is 0.908 bits per heavy atom. The SMILES string of the molecule is CCCCCC/C=C\C=C/CCCCCCCC(=O)OC[C@H](COP(=O)(O)OCC(O)COP(=O)(O)OC[C@@H](COC(=O)CCCCCCCCCC(C)C)OC(=O)CCCCCCCCCCCCCCCCCCCCC(C)C)OC(=O)CCCCCCCCCCC(C)CC. The van der Waals surface area contributed by atoms with Crippen LogP contribution in [-0.4, -0.2) is 96.7 Å². The van der Waals surface area contributed by atoms with Crippen LogP contribution in [0.4, 0.5) is 0 Å². The summed E-state index contributed by atoms with van der Waals surface area (Å²) in [6, 6.07) is 0. The maximum Gasteiger partial charge on any atom is 0.472 e. The molecule has 98 heavy (non-hydrogen) atoms. The van der Waals surface area contributed by atoms with Crippen LogP contribution in [0.3, 0.4) is 0 Å². The highest BCUT2D eigenvalue weighted by molar-refractivity contribution is 7.47. The van der Waals surface area contributed by atoms with Gasteiger partial charge < -0.3 is 33.8 Å². The summed E-state index contributed by atoms with van der Waals surface area (Å²) in [5.41, 5.74) is 0. The lowest BCUT2D eigenvalue weighted by Gasteiger charge is -2.21. The molecule has 19 heteroatoms. The second-order valence-electron chi connectivity index (χ2n) is 29.0. The summed E-state index contributed by atoms with van der Waals surface area (Å²) >= 11 is 0. The highest BCUT2D eigenvalue weighted by Gasteiger charge is 2.30. The Labute approximate surface area is 599 Å². The van der Waals surface area contributed by atoms with E-state index in [0.29, 0.717) is 31.6 Å². The standard InChI is InChI=1S/C79H150O17P2/c1-8-10-11-12-13-14-15-16-21-25-28-31-39-46-53-60-76(81)89-66-74(96-79(84)63-56-49-41-34-33-38-45-52-59-72(7)9-2)68-93-97(85,86)91-64-73(80)65-92-98(87,88)94-69-75(67-90-77(82)61-54-47-42-35-37-44-51-58-71(5)6)95-78(83)62-55-48-40-32-29-26-23-20-18-17-19-22-24-27-30-36-43-50-57-70(3)4/h14-16,21,70-75,80H,8-13,17-20,22-69H2,1-7H3,(H,85,86)(H,87,88)/b15-14-,21-16-/t72?,73?,74-,75-/m1/s1. The van der Waals surface area contributed by atoms with E-state index >= 15 is 0 Å². The maximum atomic E-state index is 13.1. The number of esters is 4. The Balaban J connectivity index is 5.22. The van der Waals surface area contributed by atoms with Gasteiger partial charge in [0.15, 0.2) is 12.2 Å². The van der Waals surface area contributed by atoms with Gasteiger partial charge in [0.2, 0.25) is 0 Å². The Kier molecular flexibility index (Phi) is 67.2. The van der Waals surface area contributed by atoms with E-state index in [1.54, 1.807) is 0 Å². The van der Waals surface area contributed by atoms with Crippen LogP contribution in [0.25, 0.3) is 0 Å². The number of unbranched alkanes of at least 4 members (excludes halogenated alkanes) is 39. The van der Waals surface area contributed by atoms with Gasteiger partial charge in [-0.05, 0) is 69.1 Å². The molecular weight excluding hydrogens is 1280 g/mol. The zero-order valence-corrected chi connectivity index (χ0v) is 65.5. The van der Waals surface area contributed by atoms with Gasteiger partial charge in [0.05, 0.1) is 26.4 Å². The van der Waals surface area contributed by atoms with Crippen molar-refractivity contribution in [1.29, 1.82) is 0 Å². The van der Waals surface area contributed by atoms with E-state index in [-0.39, 0.29) is 25.7 Å². The van der Waals surface area contributed by atoms with Crippen molar-refractivity contribution < 1.29 is 80.2 Å². The van der Waals surface area contributed by atoms with E-state index in [1.165, 1.54) is 167 Å². The third kappa shape index (κ3) is 70.6. The van der Waals surface area contributed by atoms with Crippen molar-refractivity contribution in [2.75, 3.05) is 39.6 Å². The number of ether oxygens (including phenoxy) is 4. The molecule has 0 saturated heterocycles. The molecule has 0 aromatic carbocycles. The van der Waals surface area contributed by atoms with Gasteiger partial charge in [0.1, 0.15) is 19.3 Å². The number of carbonyl (C=O) groups excluding carboxylic acids is 4. The molecule has 578 valence electrons. The molecule has 0 aromatic rings. The molecule has 17 nitrogen and oxygen atoms in total. The molecule has 0 aromatic heterocycles. The Morgan fingerprint density at radius 1 is 0.337 bits per heavy atom. The molecule has 0 radical (unpaired) electrons. The summed E-state index contributed by atoms with van der Waals surface area (Å²) in [5.74, 6) is 0.141. The summed E-state index contributed by atoms with van der Waals surface area (Å²) in [7, 11) is -9.93. The summed E-state index contributed by atoms with van der Waals surface area (Å²) < 4.78 is 68.5. The molecule has 4 unspecified atom stereocenters. The highest BCUT2D eigenvalue weighted by atomic mass is 31.2. The van der Waals surface area contributed by atoms with E-state index in [1.807, 2.05) is 0 Å². The fourth-order valence-electron chi connectivity index (χ4n) is 11.6. The molecule has 0 aliphatic heterocycles. The van der Waals surface area contributed by atoms with Gasteiger partial charge in [-0.2, -0.15) is 0 Å². The summed E-state index contributed by atoms with van der Waals surface area (Å²) in [6.45, 7) is 11.8. The number of carbonyl (C=O) groups is 4. The number of hydrogen-bond donors (Lipinski definition) is 3. The quantitative estimate of drug-likeness (QED) is 0.0169. The molecule has 6 atom stereocenters. The summed E-state index contributed by atoms with van der Waals surface area (Å²) in [6.07, 6.45) is 59.2. The van der Waals surface area contributed by atoms with Crippen LogP contribution in [-0.2, 0) is 65.4 Å². The minimum Gasteiger partial charge on any atom is -0.462 e. The average Bonchev–Trinajstić information content (AvgIpc) is 0.982. The minimum absolute atomic E-state index is 0.0979. The smallest absolute Gasteiger partial charge is 0.462 e. The largest absolute Gasteiger partial charge is 0.472 e. The monoisotopic (exact) mass is 1430 g/mol. The van der Waals surface area contributed by atoms with Crippen LogP contribution in [0.5, 0.6) is 0 Å². The topological polar surface area (TPSA) is 237 Å². The van der Waals surface area contributed by atoms with Crippen molar-refractivity contribution in [2.45, 2.75) is 401 Å². The van der Waals surface area contributed by atoms with Gasteiger partial charge in [0, 0.05) is 25.7 Å². The molecule has 0 bridgehead atoms. The van der Waals surface area contributed by atoms with E-state index in [2.05, 4.69) is 72.8 Å². The van der Waals surface area contributed by atoms with Gasteiger partial charge in [0.25, 0.3) is 0 Å². The fourth-order valence-corrected chi connectivity index (χ4v) is 13.1. The first-order valence-electron chi connectivity index (χ1n) is 40.2. The van der Waals surface area contributed by atoms with Crippen LogP contribution in [0, 0.1) is 17.8 Å². The highest BCUT2D eigenvalue weighted by Crippen LogP contribution is 2.45. The number of phosphoric acid groups is 2. The lowest BCUT2D eigenvalue weighted by Crippen LogP contribution is -2.30. The lowest BCUT2D eigenvalue weighted by atomic mass is 9.99. The van der Waals surface area contributed by atoms with E-state index < -0.39 is 97.5 Å². The van der Waals surface area contributed by atoms with Crippen LogP contribution in [0.1, 0.15) is 382 Å². The predicted molar refractivity (Wildman–Crippen MR) is 400 cm³/mol. The molecule has 0 heterocycles. The van der Waals surface area contributed by atoms with E-state index in [4.69, 9.17) is 37.0 Å². The van der Waals surface area contributed by atoms with Crippen LogP contribution in [0.15, 0.2) is 24.3 Å². The van der Waals surface area contributed by atoms with Crippen molar-refractivity contribution in [3.05, 3.63) is 24.3 Å². The number of aliphatic hydroxyl groups is 1. The molecule has 0 rings (SSSR count).